The Bertz CT molecular complexity index is 642. The second-order valence-corrected chi connectivity index (χ2v) is 8.61. The highest BCUT2D eigenvalue weighted by Crippen LogP contribution is 2.39. The number of hydrogen-bond acceptors (Lipinski definition) is 3. The Labute approximate surface area is 135 Å². The minimum atomic E-state index is -3.59. The van der Waals surface area contributed by atoms with E-state index in [0.717, 1.165) is 32.4 Å². The van der Waals surface area contributed by atoms with Crippen LogP contribution in [0.4, 0.5) is 0 Å². The van der Waals surface area contributed by atoms with Crippen LogP contribution in [0.25, 0.3) is 0 Å². The van der Waals surface area contributed by atoms with Crippen LogP contribution in [0.3, 0.4) is 0 Å². The molecule has 7 heteroatoms. The van der Waals surface area contributed by atoms with Gasteiger partial charge in [0.25, 0.3) is 0 Å². The summed E-state index contributed by atoms with van der Waals surface area (Å²) in [6, 6.07) is 4.75. The van der Waals surface area contributed by atoms with Crippen molar-refractivity contribution in [2.45, 2.75) is 24.2 Å². The van der Waals surface area contributed by atoms with E-state index in [0.29, 0.717) is 13.1 Å². The van der Waals surface area contributed by atoms with Crippen molar-refractivity contribution in [2.24, 2.45) is 5.41 Å². The van der Waals surface area contributed by atoms with Gasteiger partial charge in [-0.25, -0.2) is 8.42 Å². The lowest BCUT2D eigenvalue weighted by atomic mass is 9.80. The number of nitrogens with zero attached hydrogens (tertiary/aromatic N) is 1. The summed E-state index contributed by atoms with van der Waals surface area (Å²) in [5.74, 6) is 0. The molecule has 2 heterocycles. The quantitative estimate of drug-likeness (QED) is 0.893. The topological polar surface area (TPSA) is 49.4 Å². The monoisotopic (exact) mass is 348 g/mol. The maximum absolute atomic E-state index is 12.9. The third-order valence-corrected chi connectivity index (χ3v) is 7.31. The third-order valence-electron chi connectivity index (χ3n) is 4.49. The molecule has 1 aromatic carbocycles. The molecule has 1 aromatic rings. The molecule has 0 aromatic heterocycles. The van der Waals surface area contributed by atoms with E-state index in [2.05, 4.69) is 5.32 Å². The summed E-state index contributed by atoms with van der Waals surface area (Å²) in [4.78, 5) is 0.111. The fraction of sp³-hybridized carbons (Fsp3) is 0.571. The van der Waals surface area contributed by atoms with Gasteiger partial charge in [-0.3, -0.25) is 0 Å². The van der Waals surface area contributed by atoms with Gasteiger partial charge in [0.05, 0.1) is 10.0 Å². The molecule has 0 bridgehead atoms. The summed E-state index contributed by atoms with van der Waals surface area (Å²) in [6.45, 7) is 2.96. The van der Waals surface area contributed by atoms with E-state index in [1.54, 1.807) is 16.4 Å². The smallest absolute Gasteiger partial charge is 0.244 e. The average Bonchev–Trinajstić information content (AvgIpc) is 2.89. The molecule has 4 nitrogen and oxygen atoms in total. The van der Waals surface area contributed by atoms with Gasteiger partial charge in [0, 0.05) is 19.6 Å². The number of piperidine rings is 1. The zero-order valence-corrected chi connectivity index (χ0v) is 13.9. The molecule has 0 radical (unpaired) electrons. The Morgan fingerprint density at radius 3 is 2.76 bits per heavy atom. The number of rotatable bonds is 2. The van der Waals surface area contributed by atoms with Gasteiger partial charge < -0.3 is 5.32 Å². The average molecular weight is 349 g/mol. The molecule has 3 rings (SSSR count). The number of benzene rings is 1. The first-order valence-electron chi connectivity index (χ1n) is 7.10. The van der Waals surface area contributed by atoms with Gasteiger partial charge in [0.1, 0.15) is 4.90 Å². The first kappa shape index (κ1) is 15.6. The van der Waals surface area contributed by atoms with E-state index in [1.165, 1.54) is 6.07 Å². The zero-order valence-electron chi connectivity index (χ0n) is 11.6. The lowest BCUT2D eigenvalue weighted by Crippen LogP contribution is -2.47. The van der Waals surface area contributed by atoms with Crippen LogP contribution in [0.5, 0.6) is 0 Å². The molecule has 0 saturated carbocycles. The van der Waals surface area contributed by atoms with Crippen molar-refractivity contribution in [3.8, 4) is 0 Å². The zero-order chi connectivity index (χ0) is 15.1. The molecule has 0 amide bonds. The first-order valence-corrected chi connectivity index (χ1v) is 9.29. The van der Waals surface area contributed by atoms with Crippen LogP contribution in [0.2, 0.25) is 10.0 Å². The van der Waals surface area contributed by atoms with Crippen LogP contribution in [-0.2, 0) is 10.0 Å². The standard InChI is InChI=1S/C14H18Cl2N2O2S/c15-11-3-1-4-12(13(11)16)21(19,20)18-8-2-5-14(10-18)6-7-17-9-14/h1,3-4,17H,2,5-10H2/t14-/m0/s1. The molecule has 1 atom stereocenters. The molecule has 1 spiro atoms. The largest absolute Gasteiger partial charge is 0.316 e. The summed E-state index contributed by atoms with van der Waals surface area (Å²) in [5.41, 5.74) is 0.0797. The summed E-state index contributed by atoms with van der Waals surface area (Å²) < 4.78 is 27.3. The molecular formula is C14H18Cl2N2O2S. The maximum atomic E-state index is 12.9. The van der Waals surface area contributed by atoms with E-state index >= 15 is 0 Å². The Kier molecular flexibility index (Phi) is 4.23. The van der Waals surface area contributed by atoms with Crippen molar-refractivity contribution in [1.29, 1.82) is 0 Å². The Morgan fingerprint density at radius 2 is 2.05 bits per heavy atom. The van der Waals surface area contributed by atoms with Crippen molar-refractivity contribution < 1.29 is 8.42 Å². The van der Waals surface area contributed by atoms with E-state index in [-0.39, 0.29) is 20.4 Å². The first-order chi connectivity index (χ1) is 9.95. The molecule has 0 unspecified atom stereocenters. The fourth-order valence-electron chi connectivity index (χ4n) is 3.33. The van der Waals surface area contributed by atoms with Crippen LogP contribution in [0.15, 0.2) is 23.1 Å². The van der Waals surface area contributed by atoms with E-state index < -0.39 is 10.0 Å². The number of hydrogen-bond donors (Lipinski definition) is 1. The third kappa shape index (κ3) is 2.82. The van der Waals surface area contributed by atoms with E-state index in [1.807, 2.05) is 0 Å². The molecule has 2 aliphatic rings. The Hall–Kier alpha value is -0.330. The summed E-state index contributed by atoms with van der Waals surface area (Å²) in [6.07, 6.45) is 3.00. The second-order valence-electron chi connectivity index (χ2n) is 5.92. The van der Waals surface area contributed by atoms with Crippen LogP contribution in [0.1, 0.15) is 19.3 Å². The highest BCUT2D eigenvalue weighted by atomic mass is 35.5. The van der Waals surface area contributed by atoms with Gasteiger partial charge >= 0.3 is 0 Å². The number of sulfonamides is 1. The van der Waals surface area contributed by atoms with E-state index in [9.17, 15) is 8.42 Å². The molecule has 116 valence electrons. The Morgan fingerprint density at radius 1 is 1.24 bits per heavy atom. The SMILES string of the molecule is O=S(=O)(c1cccc(Cl)c1Cl)N1CCC[C@@]2(CCNC2)C1. The molecule has 2 saturated heterocycles. The van der Waals surface area contributed by atoms with Crippen molar-refractivity contribution in [1.82, 2.24) is 9.62 Å². The van der Waals surface area contributed by atoms with Crippen molar-refractivity contribution in [3.63, 3.8) is 0 Å². The number of halogens is 2. The van der Waals surface area contributed by atoms with Crippen LogP contribution >= 0.6 is 23.2 Å². The van der Waals surface area contributed by atoms with Crippen LogP contribution in [0, 0.1) is 5.41 Å². The van der Waals surface area contributed by atoms with Crippen molar-refractivity contribution in [3.05, 3.63) is 28.2 Å². The minimum absolute atomic E-state index is 0.0797. The van der Waals surface area contributed by atoms with Crippen molar-refractivity contribution >= 4 is 33.2 Å². The van der Waals surface area contributed by atoms with Crippen LogP contribution in [-0.4, -0.2) is 38.9 Å². The highest BCUT2D eigenvalue weighted by molar-refractivity contribution is 7.89. The van der Waals surface area contributed by atoms with E-state index in [4.69, 9.17) is 23.2 Å². The summed E-state index contributed by atoms with van der Waals surface area (Å²) in [5, 5.41) is 3.73. The summed E-state index contributed by atoms with van der Waals surface area (Å²) >= 11 is 12.1. The van der Waals surface area contributed by atoms with Crippen molar-refractivity contribution in [2.75, 3.05) is 26.2 Å². The summed E-state index contributed by atoms with van der Waals surface area (Å²) in [7, 11) is -3.59. The molecular weight excluding hydrogens is 331 g/mol. The van der Waals surface area contributed by atoms with Gasteiger partial charge in [-0.05, 0) is 43.4 Å². The predicted molar refractivity (Wildman–Crippen MR) is 84.4 cm³/mol. The molecule has 0 aliphatic carbocycles. The molecule has 1 N–H and O–H groups in total. The number of nitrogens with one attached hydrogen (secondary N) is 1. The lowest BCUT2D eigenvalue weighted by molar-refractivity contribution is 0.166. The molecule has 2 fully saturated rings. The highest BCUT2D eigenvalue weighted by Gasteiger charge is 2.42. The van der Waals surface area contributed by atoms with Gasteiger partial charge in [-0.2, -0.15) is 4.31 Å². The lowest BCUT2D eigenvalue weighted by Gasteiger charge is -2.39. The second kappa shape index (κ2) is 5.70. The van der Waals surface area contributed by atoms with Gasteiger partial charge in [0.2, 0.25) is 10.0 Å². The predicted octanol–water partition coefficient (Wildman–Crippen LogP) is 2.76. The minimum Gasteiger partial charge on any atom is -0.316 e. The van der Waals surface area contributed by atoms with Crippen LogP contribution < -0.4 is 5.32 Å². The van der Waals surface area contributed by atoms with Gasteiger partial charge in [0.15, 0.2) is 0 Å². The Balaban J connectivity index is 1.93. The van der Waals surface area contributed by atoms with Gasteiger partial charge in [-0.1, -0.05) is 29.3 Å². The normalized spacial score (nSPS) is 27.3. The molecule has 21 heavy (non-hydrogen) atoms. The fourth-order valence-corrected chi connectivity index (χ4v) is 5.66. The van der Waals surface area contributed by atoms with Gasteiger partial charge in [-0.15, -0.1) is 0 Å². The maximum Gasteiger partial charge on any atom is 0.244 e. The molecule has 2 aliphatic heterocycles.